The molecule has 22 heavy (non-hydrogen) atoms. The number of hydrogen-bond donors (Lipinski definition) is 1. The lowest BCUT2D eigenvalue weighted by Crippen LogP contribution is -2.09. The van der Waals surface area contributed by atoms with Crippen LogP contribution in [0.15, 0.2) is 50.1 Å². The third-order valence-corrected chi connectivity index (χ3v) is 4.06. The molecule has 0 spiro atoms. The average Bonchev–Trinajstić information content (AvgIpc) is 3.00. The monoisotopic (exact) mass is 322 g/mol. The summed E-state index contributed by atoms with van der Waals surface area (Å²) >= 11 is 0. The highest BCUT2D eigenvalue weighted by Gasteiger charge is 2.21. The molecule has 2 rings (SSSR count). The first kappa shape index (κ1) is 15.8. The number of ether oxygens (including phenoxy) is 1. The van der Waals surface area contributed by atoms with E-state index in [0.717, 1.165) is 6.21 Å². The van der Waals surface area contributed by atoms with Crippen molar-refractivity contribution < 1.29 is 22.4 Å². The lowest BCUT2D eigenvalue weighted by atomic mass is 10.2. The second-order valence-electron chi connectivity index (χ2n) is 4.15. The van der Waals surface area contributed by atoms with Crippen LogP contribution >= 0.6 is 0 Å². The van der Waals surface area contributed by atoms with Gasteiger partial charge in [-0.05, 0) is 18.2 Å². The summed E-state index contributed by atoms with van der Waals surface area (Å²) in [5, 5.41) is 2.77. The lowest BCUT2D eigenvalue weighted by molar-refractivity contribution is 0.0596. The van der Waals surface area contributed by atoms with E-state index in [-0.39, 0.29) is 16.2 Å². The molecule has 1 aromatic heterocycles. The van der Waals surface area contributed by atoms with Gasteiger partial charge in [-0.15, -0.1) is 0 Å². The highest BCUT2D eigenvalue weighted by atomic mass is 32.2. The summed E-state index contributed by atoms with van der Waals surface area (Å²) in [6, 6.07) is 8.90. The molecule has 0 atom stereocenters. The Morgan fingerprint density at radius 3 is 2.64 bits per heavy atom. The lowest BCUT2D eigenvalue weighted by Gasteiger charge is -2.05. The van der Waals surface area contributed by atoms with Gasteiger partial charge in [-0.25, -0.2) is 4.79 Å². The van der Waals surface area contributed by atoms with Crippen LogP contribution in [-0.2, 0) is 14.8 Å². The van der Waals surface area contributed by atoms with Crippen LogP contribution in [0.4, 0.5) is 5.88 Å². The van der Waals surface area contributed by atoms with E-state index in [2.05, 4.69) is 14.5 Å². The van der Waals surface area contributed by atoms with Crippen molar-refractivity contribution in [2.24, 2.45) is 4.40 Å². The van der Waals surface area contributed by atoms with Crippen molar-refractivity contribution in [2.75, 3.05) is 19.5 Å². The third kappa shape index (κ3) is 3.34. The number of carbonyl (C=O) groups excluding carboxylic acids is 1. The summed E-state index contributed by atoms with van der Waals surface area (Å²) in [5.41, 5.74) is -0.0718. The van der Waals surface area contributed by atoms with Gasteiger partial charge in [0.2, 0.25) is 0 Å². The Balaban J connectivity index is 2.37. The van der Waals surface area contributed by atoms with Crippen LogP contribution in [0.1, 0.15) is 16.1 Å². The molecule has 0 radical (unpaired) electrons. The van der Waals surface area contributed by atoms with E-state index in [1.54, 1.807) is 25.2 Å². The number of nitrogens with zero attached hydrogens (tertiary/aromatic N) is 1. The summed E-state index contributed by atoms with van der Waals surface area (Å²) in [5.74, 6) is 0.00197. The molecule has 0 bridgehead atoms. The Bertz CT molecular complexity index is 808. The van der Waals surface area contributed by atoms with Crippen molar-refractivity contribution in [3.05, 3.63) is 47.7 Å². The van der Waals surface area contributed by atoms with Crippen LogP contribution in [-0.4, -0.2) is 34.8 Å². The number of rotatable bonds is 5. The van der Waals surface area contributed by atoms with Gasteiger partial charge in [0.25, 0.3) is 10.0 Å². The van der Waals surface area contributed by atoms with Gasteiger partial charge in [-0.2, -0.15) is 12.8 Å². The minimum Gasteiger partial charge on any atom is -0.465 e. The molecule has 1 N–H and O–H groups in total. The summed E-state index contributed by atoms with van der Waals surface area (Å²) < 4.78 is 37.9. The van der Waals surface area contributed by atoms with E-state index in [1.165, 1.54) is 25.3 Å². The summed E-state index contributed by atoms with van der Waals surface area (Å²) in [6.07, 6.45) is 1.07. The Hall–Kier alpha value is -2.61. The van der Waals surface area contributed by atoms with Crippen LogP contribution in [0.5, 0.6) is 0 Å². The molecular formula is C14H14N2O5S. The first-order valence-corrected chi connectivity index (χ1v) is 7.67. The Kier molecular flexibility index (Phi) is 4.62. The molecule has 0 aliphatic carbocycles. The molecular weight excluding hydrogens is 308 g/mol. The Morgan fingerprint density at radius 1 is 1.27 bits per heavy atom. The van der Waals surface area contributed by atoms with Crippen molar-refractivity contribution in [1.29, 1.82) is 0 Å². The fourth-order valence-corrected chi connectivity index (χ4v) is 2.74. The first-order valence-electron chi connectivity index (χ1n) is 6.23. The number of esters is 1. The maximum absolute atomic E-state index is 12.3. The normalized spacial score (nSPS) is 11.5. The highest BCUT2D eigenvalue weighted by molar-refractivity contribution is 7.90. The number of sulfonamides is 1. The Labute approximate surface area is 127 Å². The molecule has 8 heteroatoms. The van der Waals surface area contributed by atoms with Crippen LogP contribution in [0.2, 0.25) is 0 Å². The topological polar surface area (TPSA) is 98.0 Å². The van der Waals surface area contributed by atoms with Crippen molar-refractivity contribution in [1.82, 2.24) is 0 Å². The number of methoxy groups -OCH3 is 1. The summed E-state index contributed by atoms with van der Waals surface area (Å²) in [6.45, 7) is 0. The molecule has 0 fully saturated rings. The molecule has 0 aliphatic rings. The van der Waals surface area contributed by atoms with Crippen molar-refractivity contribution >= 4 is 28.1 Å². The van der Waals surface area contributed by atoms with Crippen LogP contribution < -0.4 is 5.32 Å². The smallest absolute Gasteiger partial charge is 0.339 e. The van der Waals surface area contributed by atoms with Gasteiger partial charge in [0, 0.05) is 13.1 Å². The molecule has 0 aliphatic heterocycles. The molecule has 1 aromatic carbocycles. The van der Waals surface area contributed by atoms with Crippen molar-refractivity contribution in [3.8, 4) is 0 Å². The summed E-state index contributed by atoms with van der Waals surface area (Å²) in [7, 11) is -1.21. The van der Waals surface area contributed by atoms with Crippen LogP contribution in [0.3, 0.4) is 0 Å². The molecule has 0 saturated heterocycles. The predicted octanol–water partition coefficient (Wildman–Crippen LogP) is 1.92. The number of benzene rings is 1. The van der Waals surface area contributed by atoms with Gasteiger partial charge < -0.3 is 14.5 Å². The second-order valence-corrected chi connectivity index (χ2v) is 5.75. The quantitative estimate of drug-likeness (QED) is 0.667. The van der Waals surface area contributed by atoms with Gasteiger partial charge >= 0.3 is 5.97 Å². The number of carbonyl (C=O) groups is 1. The minimum absolute atomic E-state index is 0.0718. The Morgan fingerprint density at radius 2 is 2.00 bits per heavy atom. The molecule has 7 nitrogen and oxygen atoms in total. The van der Waals surface area contributed by atoms with E-state index in [9.17, 15) is 13.2 Å². The molecule has 116 valence electrons. The van der Waals surface area contributed by atoms with E-state index < -0.39 is 16.0 Å². The van der Waals surface area contributed by atoms with Crippen LogP contribution in [0.25, 0.3) is 0 Å². The van der Waals surface area contributed by atoms with Gasteiger partial charge in [-0.1, -0.05) is 12.1 Å². The second kappa shape index (κ2) is 6.44. The molecule has 1 heterocycles. The number of anilines is 1. The zero-order valence-electron chi connectivity index (χ0n) is 11.9. The summed E-state index contributed by atoms with van der Waals surface area (Å²) in [4.78, 5) is 11.4. The number of nitrogens with one attached hydrogen (secondary N) is 1. The standard InChI is InChI=1S/C14H14N2O5S/c1-15-13-8-7-10(21-13)9-16-22(18,19)12-6-4-3-5-11(12)14(17)20-2/h3-9,15H,1-2H3. The minimum atomic E-state index is -4.05. The van der Waals surface area contributed by atoms with Crippen LogP contribution in [0, 0.1) is 0 Å². The van der Waals surface area contributed by atoms with E-state index in [4.69, 9.17) is 4.42 Å². The molecule has 0 saturated carbocycles. The average molecular weight is 322 g/mol. The van der Waals surface area contributed by atoms with Gasteiger partial charge in [0.05, 0.1) is 18.9 Å². The zero-order chi connectivity index (χ0) is 16.2. The molecule has 2 aromatic rings. The van der Waals surface area contributed by atoms with E-state index in [0.29, 0.717) is 5.88 Å². The van der Waals surface area contributed by atoms with Gasteiger partial charge in [-0.3, -0.25) is 0 Å². The number of furan rings is 1. The van der Waals surface area contributed by atoms with Gasteiger partial charge in [0.15, 0.2) is 5.88 Å². The maximum Gasteiger partial charge on any atom is 0.339 e. The predicted molar refractivity (Wildman–Crippen MR) is 80.8 cm³/mol. The number of hydrogen-bond acceptors (Lipinski definition) is 6. The maximum atomic E-state index is 12.3. The van der Waals surface area contributed by atoms with Crippen molar-refractivity contribution in [2.45, 2.75) is 4.90 Å². The highest BCUT2D eigenvalue weighted by Crippen LogP contribution is 2.19. The fraction of sp³-hybridized carbons (Fsp3) is 0.143. The van der Waals surface area contributed by atoms with E-state index >= 15 is 0 Å². The fourth-order valence-electron chi connectivity index (χ4n) is 1.70. The third-order valence-electron chi connectivity index (χ3n) is 2.76. The van der Waals surface area contributed by atoms with E-state index in [1.807, 2.05) is 0 Å². The zero-order valence-corrected chi connectivity index (χ0v) is 12.8. The first-order chi connectivity index (χ1) is 10.5. The van der Waals surface area contributed by atoms with Crippen molar-refractivity contribution in [3.63, 3.8) is 0 Å². The van der Waals surface area contributed by atoms with Gasteiger partial charge in [0.1, 0.15) is 10.7 Å². The molecule has 0 unspecified atom stereocenters. The SMILES string of the molecule is CNc1ccc(C=NS(=O)(=O)c2ccccc2C(=O)OC)o1. The molecule has 0 amide bonds. The largest absolute Gasteiger partial charge is 0.465 e.